The van der Waals surface area contributed by atoms with Gasteiger partial charge in [0.1, 0.15) is 17.7 Å². The zero-order chi connectivity index (χ0) is 24.6. The van der Waals surface area contributed by atoms with Crippen LogP contribution in [0.5, 0.6) is 0 Å². The van der Waals surface area contributed by atoms with Gasteiger partial charge in [-0.15, -0.1) is 0 Å². The topological polar surface area (TPSA) is 142 Å². The molecule has 34 heavy (non-hydrogen) atoms. The predicted molar refractivity (Wildman–Crippen MR) is 120 cm³/mol. The maximum absolute atomic E-state index is 15.0. The van der Waals surface area contributed by atoms with Crippen molar-refractivity contribution in [2.75, 3.05) is 12.3 Å². The summed E-state index contributed by atoms with van der Waals surface area (Å²) in [6.07, 6.45) is -4.74. The van der Waals surface area contributed by atoms with Gasteiger partial charge in [0.25, 0.3) is 0 Å². The summed E-state index contributed by atoms with van der Waals surface area (Å²) in [5.41, 5.74) is 5.06. The van der Waals surface area contributed by atoms with Crippen LogP contribution in [0.4, 0.5) is 10.2 Å². The molecule has 10 nitrogen and oxygen atoms in total. The molecule has 3 N–H and O–H groups in total. The number of nitrogens with zero attached hydrogens (tertiary/aromatic N) is 4. The number of alkyl halides is 1. The van der Waals surface area contributed by atoms with Crippen LogP contribution in [0.25, 0.3) is 11.2 Å². The number of fused-ring (bicyclic) bond motifs is 1. The highest BCUT2D eigenvalue weighted by Crippen LogP contribution is 2.35. The van der Waals surface area contributed by atoms with Crippen LogP contribution in [0.15, 0.2) is 36.7 Å². The molecule has 1 saturated heterocycles. The first-order chi connectivity index (χ1) is 16.1. The molecule has 2 aromatic heterocycles. The molecule has 3 aromatic rings. The fourth-order valence-electron chi connectivity index (χ4n) is 4.03. The molecule has 180 valence electrons. The van der Waals surface area contributed by atoms with Crippen molar-refractivity contribution in [3.8, 4) is 0 Å². The Hall–Kier alpha value is -2.99. The number of Topliss-reactive ketones (excluding diaryl/α,β-unsaturated/α-hetero) is 2. The zero-order valence-electron chi connectivity index (χ0n) is 18.4. The van der Waals surface area contributed by atoms with E-state index in [4.69, 9.17) is 26.8 Å². The monoisotopic (exact) mass is 491 g/mol. The first-order valence-corrected chi connectivity index (χ1v) is 10.8. The number of ketones is 2. The number of aliphatic hydroxyl groups excluding tert-OH is 1. The number of aromatic nitrogens is 4. The summed E-state index contributed by atoms with van der Waals surface area (Å²) in [5, 5.41) is 10.4. The lowest BCUT2D eigenvalue weighted by atomic mass is 9.87. The van der Waals surface area contributed by atoms with E-state index >= 15 is 4.39 Å². The van der Waals surface area contributed by atoms with Gasteiger partial charge in [-0.25, -0.2) is 9.37 Å². The average molecular weight is 492 g/mol. The van der Waals surface area contributed by atoms with Gasteiger partial charge in [0.15, 0.2) is 41.0 Å². The van der Waals surface area contributed by atoms with Crippen LogP contribution in [0.2, 0.25) is 5.28 Å². The van der Waals surface area contributed by atoms with Crippen molar-refractivity contribution in [1.82, 2.24) is 19.5 Å². The van der Waals surface area contributed by atoms with Crippen molar-refractivity contribution in [3.05, 3.63) is 47.5 Å². The SMILES string of the molecule is CC(=O)C(Cc1ccccc1)(OC[C@H]1O[C@@H](n2cnc3c(N)nc(Cl)nc32)[C@H](O)[C@@H]1F)C(C)=O. The smallest absolute Gasteiger partial charge is 0.226 e. The number of carbonyl (C=O) groups is 2. The van der Waals surface area contributed by atoms with Crippen LogP contribution in [-0.2, 0) is 25.5 Å². The molecule has 0 bridgehead atoms. The highest BCUT2D eigenvalue weighted by molar-refractivity contribution is 6.28. The summed E-state index contributed by atoms with van der Waals surface area (Å²) < 4.78 is 27.9. The Kier molecular flexibility index (Phi) is 6.63. The van der Waals surface area contributed by atoms with Crippen molar-refractivity contribution >= 4 is 40.1 Å². The number of imidazole rings is 1. The van der Waals surface area contributed by atoms with E-state index in [-0.39, 0.29) is 28.7 Å². The van der Waals surface area contributed by atoms with Gasteiger partial charge in [-0.1, -0.05) is 30.3 Å². The molecule has 1 aliphatic rings. The first-order valence-electron chi connectivity index (χ1n) is 10.5. The number of carbonyl (C=O) groups excluding carboxylic acids is 2. The minimum Gasteiger partial charge on any atom is -0.385 e. The molecule has 0 radical (unpaired) electrons. The van der Waals surface area contributed by atoms with E-state index in [1.807, 2.05) is 0 Å². The molecule has 0 amide bonds. The van der Waals surface area contributed by atoms with E-state index in [2.05, 4.69) is 15.0 Å². The Morgan fingerprint density at radius 1 is 1.26 bits per heavy atom. The summed E-state index contributed by atoms with van der Waals surface area (Å²) in [6, 6.07) is 8.88. The van der Waals surface area contributed by atoms with Crippen LogP contribution in [0.3, 0.4) is 0 Å². The molecule has 3 heterocycles. The highest BCUT2D eigenvalue weighted by atomic mass is 35.5. The standard InChI is InChI=1S/C22H23ClFN5O5/c1-11(30)22(12(2)31,8-13-6-4-3-5-7-13)33-9-14-15(24)17(32)20(34-14)29-10-26-16-18(25)27-21(23)28-19(16)29/h3-7,10,14-15,17,20,32H,8-9H2,1-2H3,(H2,25,27,28)/t14-,15-,17-,20-/m1/s1. The maximum atomic E-state index is 15.0. The average Bonchev–Trinajstić information content (AvgIpc) is 3.33. The summed E-state index contributed by atoms with van der Waals surface area (Å²) in [7, 11) is 0. The maximum Gasteiger partial charge on any atom is 0.226 e. The number of ether oxygens (including phenoxy) is 2. The number of aliphatic hydroxyl groups is 1. The zero-order valence-corrected chi connectivity index (χ0v) is 19.1. The van der Waals surface area contributed by atoms with Gasteiger partial charge < -0.3 is 20.3 Å². The molecule has 0 saturated carbocycles. The molecule has 0 unspecified atom stereocenters. The van der Waals surface area contributed by atoms with Crippen molar-refractivity contribution in [3.63, 3.8) is 0 Å². The molecule has 4 atom stereocenters. The normalized spacial score (nSPS) is 22.9. The Bertz CT molecular complexity index is 1210. The number of anilines is 1. The number of halogens is 2. The van der Waals surface area contributed by atoms with Crippen LogP contribution >= 0.6 is 11.6 Å². The van der Waals surface area contributed by atoms with Crippen LogP contribution in [0.1, 0.15) is 25.6 Å². The third-order valence-corrected chi connectivity index (χ3v) is 6.08. The largest absolute Gasteiger partial charge is 0.385 e. The van der Waals surface area contributed by atoms with E-state index < -0.39 is 48.4 Å². The minimum absolute atomic E-state index is 0.0188. The summed E-state index contributed by atoms with van der Waals surface area (Å²) in [6.45, 7) is 2.04. The van der Waals surface area contributed by atoms with Gasteiger partial charge in [-0.3, -0.25) is 14.2 Å². The Morgan fingerprint density at radius 2 is 1.94 bits per heavy atom. The first kappa shape index (κ1) is 24.1. The van der Waals surface area contributed by atoms with E-state index in [9.17, 15) is 14.7 Å². The van der Waals surface area contributed by atoms with Gasteiger partial charge in [0.2, 0.25) is 5.28 Å². The van der Waals surface area contributed by atoms with Gasteiger partial charge in [0.05, 0.1) is 12.9 Å². The highest BCUT2D eigenvalue weighted by Gasteiger charge is 2.49. The predicted octanol–water partition coefficient (Wildman–Crippen LogP) is 1.83. The fraction of sp³-hybridized carbons (Fsp3) is 0.409. The third-order valence-electron chi connectivity index (χ3n) is 5.91. The summed E-state index contributed by atoms with van der Waals surface area (Å²) in [4.78, 5) is 37.0. The second kappa shape index (κ2) is 9.34. The fourth-order valence-corrected chi connectivity index (χ4v) is 4.20. The Labute approximate surface area is 198 Å². The van der Waals surface area contributed by atoms with Crippen LogP contribution < -0.4 is 5.73 Å². The van der Waals surface area contributed by atoms with Crippen molar-refractivity contribution in [2.24, 2.45) is 0 Å². The molecule has 1 aromatic carbocycles. The van der Waals surface area contributed by atoms with Gasteiger partial charge in [0, 0.05) is 6.42 Å². The van der Waals surface area contributed by atoms with Gasteiger partial charge in [-0.2, -0.15) is 9.97 Å². The minimum atomic E-state index is -1.88. The molecular formula is C22H23ClFN5O5. The second-order valence-electron chi connectivity index (χ2n) is 8.11. The van der Waals surface area contributed by atoms with Gasteiger partial charge in [-0.05, 0) is 31.0 Å². The van der Waals surface area contributed by atoms with E-state index in [1.54, 1.807) is 30.3 Å². The van der Waals surface area contributed by atoms with Gasteiger partial charge >= 0.3 is 0 Å². The lowest BCUT2D eigenvalue weighted by Crippen LogP contribution is -2.50. The Balaban J connectivity index is 1.57. The number of hydrogen-bond acceptors (Lipinski definition) is 9. The summed E-state index contributed by atoms with van der Waals surface area (Å²) in [5.74, 6) is -1.01. The molecule has 0 spiro atoms. The number of nitrogens with two attached hydrogens (primary N) is 1. The number of benzene rings is 1. The number of hydrogen-bond donors (Lipinski definition) is 2. The third kappa shape index (κ3) is 4.27. The van der Waals surface area contributed by atoms with E-state index in [1.165, 1.54) is 24.7 Å². The lowest BCUT2D eigenvalue weighted by molar-refractivity contribution is -0.162. The number of nitrogen functional groups attached to an aromatic ring is 1. The van der Waals surface area contributed by atoms with E-state index in [0.717, 1.165) is 0 Å². The van der Waals surface area contributed by atoms with Crippen molar-refractivity contribution in [2.45, 2.75) is 50.5 Å². The molecular weight excluding hydrogens is 469 g/mol. The lowest BCUT2D eigenvalue weighted by Gasteiger charge is -2.30. The molecule has 1 aliphatic heterocycles. The Morgan fingerprint density at radius 3 is 2.59 bits per heavy atom. The number of rotatable bonds is 8. The summed E-state index contributed by atoms with van der Waals surface area (Å²) >= 11 is 5.87. The second-order valence-corrected chi connectivity index (χ2v) is 8.45. The quantitative estimate of drug-likeness (QED) is 0.356. The molecule has 1 fully saturated rings. The van der Waals surface area contributed by atoms with Crippen molar-refractivity contribution < 1.29 is 28.6 Å². The van der Waals surface area contributed by atoms with Crippen LogP contribution in [0, 0.1) is 0 Å². The van der Waals surface area contributed by atoms with Crippen molar-refractivity contribution in [1.29, 1.82) is 0 Å². The molecule has 12 heteroatoms. The van der Waals surface area contributed by atoms with E-state index in [0.29, 0.717) is 5.56 Å². The van der Waals surface area contributed by atoms with Crippen LogP contribution in [-0.4, -0.2) is 66.8 Å². The molecule has 4 rings (SSSR count). The molecule has 0 aliphatic carbocycles.